The van der Waals surface area contributed by atoms with Crippen molar-refractivity contribution in [3.05, 3.63) is 35.5 Å². The van der Waals surface area contributed by atoms with Gasteiger partial charge in [-0.05, 0) is 56.3 Å². The topological polar surface area (TPSA) is 107 Å². The minimum Gasteiger partial charge on any atom is -0.497 e. The number of rotatable bonds is 3. The molecule has 3 aliphatic rings. The summed E-state index contributed by atoms with van der Waals surface area (Å²) in [4.78, 5) is 23.9. The minimum absolute atomic E-state index is 0.123. The van der Waals surface area contributed by atoms with Gasteiger partial charge in [0.25, 0.3) is 0 Å². The Kier molecular flexibility index (Phi) is 6.19. The van der Waals surface area contributed by atoms with Crippen LogP contribution in [0.3, 0.4) is 0 Å². The van der Waals surface area contributed by atoms with E-state index < -0.39 is 21.0 Å². The Morgan fingerprint density at radius 2 is 1.73 bits per heavy atom. The summed E-state index contributed by atoms with van der Waals surface area (Å²) < 4.78 is 41.4. The third-order valence-corrected chi connectivity index (χ3v) is 7.53. The summed E-state index contributed by atoms with van der Waals surface area (Å²) in [5.74, 6) is -0.116. The highest BCUT2D eigenvalue weighted by atomic mass is 32.2. The molecule has 0 radical (unpaired) electrons. The van der Waals surface area contributed by atoms with Gasteiger partial charge in [0.05, 0.1) is 31.4 Å². The van der Waals surface area contributed by atoms with Crippen LogP contribution in [0.1, 0.15) is 32.6 Å². The molecule has 0 unspecified atom stereocenters. The van der Waals surface area contributed by atoms with Gasteiger partial charge in [0.1, 0.15) is 5.75 Å². The number of nitrogens with zero attached hydrogens (tertiary/aromatic N) is 3. The van der Waals surface area contributed by atoms with Crippen molar-refractivity contribution in [2.45, 2.75) is 38.4 Å². The van der Waals surface area contributed by atoms with Gasteiger partial charge in [0.15, 0.2) is 5.79 Å². The van der Waals surface area contributed by atoms with E-state index in [9.17, 15) is 13.2 Å². The normalized spacial score (nSPS) is 22.8. The van der Waals surface area contributed by atoms with E-state index in [4.69, 9.17) is 14.2 Å². The molecule has 1 amide bonds. The van der Waals surface area contributed by atoms with Crippen LogP contribution in [0.5, 0.6) is 5.75 Å². The third-order valence-electron chi connectivity index (χ3n) is 6.64. The van der Waals surface area contributed by atoms with Gasteiger partial charge in [-0.25, -0.2) is 18.4 Å². The van der Waals surface area contributed by atoms with Crippen molar-refractivity contribution in [2.24, 2.45) is 15.4 Å². The van der Waals surface area contributed by atoms with Crippen molar-refractivity contribution in [3.8, 4) is 5.75 Å². The lowest BCUT2D eigenvalue weighted by molar-refractivity contribution is -0.190. The van der Waals surface area contributed by atoms with E-state index in [2.05, 4.69) is 16.7 Å². The summed E-state index contributed by atoms with van der Waals surface area (Å²) in [5.41, 5.74) is 0.988. The van der Waals surface area contributed by atoms with Crippen LogP contribution >= 0.6 is 0 Å². The molecule has 2 spiro atoms. The largest absolute Gasteiger partial charge is 0.497 e. The molecule has 1 saturated carbocycles. The summed E-state index contributed by atoms with van der Waals surface area (Å²) in [7, 11) is -2.12. The van der Waals surface area contributed by atoms with Gasteiger partial charge in [-0.2, -0.15) is 0 Å². The zero-order valence-corrected chi connectivity index (χ0v) is 20.0. The second kappa shape index (κ2) is 8.66. The Morgan fingerprint density at radius 3 is 2.24 bits per heavy atom. The Morgan fingerprint density at radius 1 is 1.12 bits per heavy atom. The van der Waals surface area contributed by atoms with Gasteiger partial charge < -0.3 is 19.1 Å². The quantitative estimate of drug-likeness (QED) is 0.492. The molecule has 0 N–H and O–H groups in total. The fourth-order valence-corrected chi connectivity index (χ4v) is 5.44. The molecule has 0 aromatic heterocycles. The van der Waals surface area contributed by atoms with Crippen molar-refractivity contribution >= 4 is 33.3 Å². The lowest BCUT2D eigenvalue weighted by atomic mass is 9.66. The zero-order chi connectivity index (χ0) is 23.9. The SMILES string of the molecule is C=N/C(=N\C1=C(C)CN(c2ccc(OC)cc2)C(=O)C12CCC1(CC2)OCCO1)S(C)(=O)=O. The predicted molar refractivity (Wildman–Crippen MR) is 125 cm³/mol. The number of aliphatic imine (C=N–C) groups is 2. The molecule has 1 saturated heterocycles. The van der Waals surface area contributed by atoms with Crippen LogP contribution in [0.2, 0.25) is 0 Å². The maximum Gasteiger partial charge on any atom is 0.246 e. The van der Waals surface area contributed by atoms with E-state index in [1.807, 2.05) is 31.2 Å². The molecule has 1 aliphatic carbocycles. The number of carbonyl (C=O) groups is 1. The first kappa shape index (κ1) is 23.6. The maximum absolute atomic E-state index is 14.0. The fraction of sp³-hybridized carbons (Fsp3) is 0.522. The highest BCUT2D eigenvalue weighted by molar-refractivity contribution is 8.05. The molecular weight excluding hydrogens is 446 g/mol. The van der Waals surface area contributed by atoms with E-state index in [-0.39, 0.29) is 17.6 Å². The number of hydrogen-bond acceptors (Lipinski definition) is 7. The third kappa shape index (κ3) is 4.22. The van der Waals surface area contributed by atoms with Gasteiger partial charge in [-0.3, -0.25) is 4.79 Å². The van der Waals surface area contributed by atoms with Crippen molar-refractivity contribution in [3.63, 3.8) is 0 Å². The number of hydrogen-bond donors (Lipinski definition) is 0. The molecule has 4 rings (SSSR count). The fourth-order valence-electron chi connectivity index (χ4n) is 4.95. The lowest BCUT2D eigenvalue weighted by Crippen LogP contribution is -2.54. The number of methoxy groups -OCH3 is 1. The van der Waals surface area contributed by atoms with E-state index in [1.165, 1.54) is 0 Å². The number of sulfone groups is 1. The molecule has 10 heteroatoms. The highest BCUT2D eigenvalue weighted by Gasteiger charge is 2.55. The first-order valence-electron chi connectivity index (χ1n) is 10.8. The van der Waals surface area contributed by atoms with Crippen molar-refractivity contribution < 1.29 is 27.4 Å². The van der Waals surface area contributed by atoms with Crippen LogP contribution in [0.4, 0.5) is 5.69 Å². The van der Waals surface area contributed by atoms with E-state index in [1.54, 1.807) is 12.0 Å². The smallest absolute Gasteiger partial charge is 0.246 e. The average molecular weight is 476 g/mol. The Bertz CT molecular complexity index is 1110. The van der Waals surface area contributed by atoms with Crippen molar-refractivity contribution in [1.29, 1.82) is 0 Å². The van der Waals surface area contributed by atoms with Crippen LogP contribution in [0, 0.1) is 5.41 Å². The zero-order valence-electron chi connectivity index (χ0n) is 19.2. The van der Waals surface area contributed by atoms with Crippen LogP contribution in [0.15, 0.2) is 45.5 Å². The van der Waals surface area contributed by atoms with Crippen LogP contribution in [-0.2, 0) is 24.1 Å². The summed E-state index contributed by atoms with van der Waals surface area (Å²) in [6, 6.07) is 7.29. The van der Waals surface area contributed by atoms with E-state index >= 15 is 0 Å². The molecule has 0 bridgehead atoms. The van der Waals surface area contributed by atoms with Gasteiger partial charge >= 0.3 is 0 Å². The molecule has 2 fully saturated rings. The Hall–Kier alpha value is -2.56. The van der Waals surface area contributed by atoms with Gasteiger partial charge in [-0.15, -0.1) is 0 Å². The maximum atomic E-state index is 14.0. The number of amidine groups is 1. The molecule has 2 aliphatic heterocycles. The van der Waals surface area contributed by atoms with Crippen molar-refractivity contribution in [2.75, 3.05) is 38.0 Å². The van der Waals surface area contributed by atoms with Gasteiger partial charge in [0.2, 0.25) is 20.9 Å². The molecule has 9 nitrogen and oxygen atoms in total. The van der Waals surface area contributed by atoms with Gasteiger partial charge in [0, 0.05) is 31.3 Å². The van der Waals surface area contributed by atoms with Crippen LogP contribution in [0.25, 0.3) is 0 Å². The summed E-state index contributed by atoms with van der Waals surface area (Å²) >= 11 is 0. The Labute approximate surface area is 194 Å². The van der Waals surface area contributed by atoms with E-state index in [0.29, 0.717) is 50.3 Å². The average Bonchev–Trinajstić information content (AvgIpc) is 3.25. The molecular formula is C23H29N3O6S. The lowest BCUT2D eigenvalue weighted by Gasteiger charge is -2.47. The van der Waals surface area contributed by atoms with E-state index in [0.717, 1.165) is 17.5 Å². The monoisotopic (exact) mass is 475 g/mol. The standard InChI is InChI=1S/C23H29N3O6S/c1-16-15-26(17-5-7-18(30-3)8-6-17)20(27)22(19(16)25-21(24-2)33(4,28)29)9-11-23(12-10-22)31-13-14-32-23/h5-8H,2,9-15H2,1,3-4H3/b25-21+. The number of amides is 1. The first-order valence-corrected chi connectivity index (χ1v) is 12.7. The summed E-state index contributed by atoms with van der Waals surface area (Å²) in [5, 5.41) is -0.379. The number of carbonyl (C=O) groups excluding carboxylic acids is 1. The Balaban J connectivity index is 1.80. The summed E-state index contributed by atoms with van der Waals surface area (Å²) in [6.45, 7) is 6.59. The molecule has 2 heterocycles. The number of anilines is 1. The molecule has 0 atom stereocenters. The number of benzene rings is 1. The second-order valence-corrected chi connectivity index (χ2v) is 10.6. The predicted octanol–water partition coefficient (Wildman–Crippen LogP) is 2.72. The minimum atomic E-state index is -3.71. The summed E-state index contributed by atoms with van der Waals surface area (Å²) in [6.07, 6.45) is 2.90. The van der Waals surface area contributed by atoms with Crippen molar-refractivity contribution in [1.82, 2.24) is 0 Å². The molecule has 1 aromatic rings. The molecule has 178 valence electrons. The highest BCUT2D eigenvalue weighted by Crippen LogP contribution is 2.53. The number of ether oxygens (including phenoxy) is 3. The van der Waals surface area contributed by atoms with Gasteiger partial charge in [-0.1, -0.05) is 0 Å². The molecule has 1 aromatic carbocycles. The van der Waals surface area contributed by atoms with Crippen LogP contribution < -0.4 is 9.64 Å². The first-order chi connectivity index (χ1) is 15.6. The van der Waals surface area contributed by atoms with Crippen LogP contribution in [-0.4, -0.2) is 65.1 Å². The molecule has 33 heavy (non-hydrogen) atoms. The second-order valence-electron chi connectivity index (χ2n) is 8.73.